The topological polar surface area (TPSA) is 101 Å². The number of hydrogen-bond donors (Lipinski definition) is 2. The third kappa shape index (κ3) is 3.42. The zero-order valence-corrected chi connectivity index (χ0v) is 15.4. The van der Waals surface area contributed by atoms with Crippen molar-refractivity contribution in [2.45, 2.75) is 13.8 Å². The lowest BCUT2D eigenvalue weighted by Gasteiger charge is -2.09. The monoisotopic (exact) mass is 367 g/mol. The van der Waals surface area contributed by atoms with E-state index in [-0.39, 0.29) is 5.56 Å². The van der Waals surface area contributed by atoms with Gasteiger partial charge in [-0.2, -0.15) is 10.5 Å². The van der Waals surface area contributed by atoms with Crippen molar-refractivity contribution < 1.29 is 9.90 Å². The summed E-state index contributed by atoms with van der Waals surface area (Å²) in [5.74, 6) is -1.03. The van der Waals surface area contributed by atoms with Crippen molar-refractivity contribution in [1.29, 1.82) is 10.5 Å². The molecule has 0 atom stereocenters. The molecule has 0 aliphatic heterocycles. The van der Waals surface area contributed by atoms with Crippen LogP contribution in [0.25, 0.3) is 22.6 Å². The van der Waals surface area contributed by atoms with Crippen molar-refractivity contribution in [3.8, 4) is 12.1 Å². The lowest BCUT2D eigenvalue weighted by molar-refractivity contribution is 0.0697. The number of nitriles is 2. The number of carboxylic acids is 1. The Morgan fingerprint density at radius 3 is 2.29 bits per heavy atom. The molecule has 2 aromatic carbocycles. The van der Waals surface area contributed by atoms with Crippen LogP contribution in [-0.4, -0.2) is 16.1 Å². The van der Waals surface area contributed by atoms with Gasteiger partial charge in [-0.05, 0) is 43.7 Å². The molecule has 0 aliphatic carbocycles. The number of aryl methyl sites for hydroxylation is 1. The van der Waals surface area contributed by atoms with E-state index in [2.05, 4.69) is 17.1 Å². The molecule has 0 saturated heterocycles. The molecule has 0 amide bonds. The summed E-state index contributed by atoms with van der Waals surface area (Å²) in [5, 5.41) is 29.4. The fourth-order valence-electron chi connectivity index (χ4n) is 3.20. The Hall–Kier alpha value is -4.09. The summed E-state index contributed by atoms with van der Waals surface area (Å²) in [6.45, 7) is 3.58. The summed E-state index contributed by atoms with van der Waals surface area (Å²) in [6.07, 6.45) is 1.77. The number of aromatic nitrogens is 1. The molecule has 5 heteroatoms. The Kier molecular flexibility index (Phi) is 5.11. The van der Waals surface area contributed by atoms with Gasteiger partial charge in [-0.1, -0.05) is 30.3 Å². The maximum Gasteiger partial charge on any atom is 0.335 e. The highest BCUT2D eigenvalue weighted by Crippen LogP contribution is 2.31. The van der Waals surface area contributed by atoms with Gasteiger partial charge < -0.3 is 10.1 Å². The number of hydrogen-bond acceptors (Lipinski definition) is 3. The number of H-pyrrole nitrogens is 1. The van der Waals surface area contributed by atoms with E-state index in [1.165, 1.54) is 12.1 Å². The Bertz CT molecular complexity index is 1210. The van der Waals surface area contributed by atoms with E-state index >= 15 is 0 Å². The van der Waals surface area contributed by atoms with Gasteiger partial charge in [0.25, 0.3) is 0 Å². The molecule has 1 aromatic heterocycles. The SMILES string of the molecule is C/C(C#N)=C(/C(C#N)=C/c1c(C)[nH]c2ccccc12)c1ccc(C(=O)O)cc1. The second-order valence-electron chi connectivity index (χ2n) is 6.37. The van der Waals surface area contributed by atoms with E-state index in [4.69, 9.17) is 5.11 Å². The van der Waals surface area contributed by atoms with Crippen LogP contribution in [0.4, 0.5) is 0 Å². The lowest BCUT2D eigenvalue weighted by Crippen LogP contribution is -1.97. The number of nitrogens with zero attached hydrogens (tertiary/aromatic N) is 2. The van der Waals surface area contributed by atoms with Crippen LogP contribution in [0.3, 0.4) is 0 Å². The van der Waals surface area contributed by atoms with Gasteiger partial charge in [-0.3, -0.25) is 0 Å². The number of para-hydroxylation sites is 1. The van der Waals surface area contributed by atoms with E-state index in [0.717, 1.165) is 22.2 Å². The molecule has 5 nitrogen and oxygen atoms in total. The second kappa shape index (κ2) is 7.65. The summed E-state index contributed by atoms with van der Waals surface area (Å²) in [7, 11) is 0. The highest BCUT2D eigenvalue weighted by atomic mass is 16.4. The summed E-state index contributed by atoms with van der Waals surface area (Å²) in [4.78, 5) is 14.4. The molecule has 0 aliphatic rings. The van der Waals surface area contributed by atoms with Gasteiger partial charge in [-0.25, -0.2) is 4.79 Å². The first-order valence-electron chi connectivity index (χ1n) is 8.60. The minimum Gasteiger partial charge on any atom is -0.478 e. The van der Waals surface area contributed by atoms with Gasteiger partial charge in [0.2, 0.25) is 0 Å². The minimum absolute atomic E-state index is 0.146. The van der Waals surface area contributed by atoms with E-state index in [1.54, 1.807) is 25.1 Å². The van der Waals surface area contributed by atoms with Crippen molar-refractivity contribution in [3.05, 3.63) is 82.1 Å². The molecule has 0 fully saturated rings. The van der Waals surface area contributed by atoms with E-state index < -0.39 is 5.97 Å². The van der Waals surface area contributed by atoms with Crippen molar-refractivity contribution in [1.82, 2.24) is 4.98 Å². The quantitative estimate of drug-likeness (QED) is 0.496. The second-order valence-corrected chi connectivity index (χ2v) is 6.37. The van der Waals surface area contributed by atoms with Gasteiger partial charge in [0, 0.05) is 33.3 Å². The Balaban J connectivity index is 2.20. The molecule has 3 rings (SSSR count). The number of rotatable bonds is 4. The summed E-state index contributed by atoms with van der Waals surface area (Å²) >= 11 is 0. The molecule has 2 N–H and O–H groups in total. The average molecular weight is 367 g/mol. The Morgan fingerprint density at radius 2 is 1.68 bits per heavy atom. The predicted molar refractivity (Wildman–Crippen MR) is 108 cm³/mol. The number of aromatic amines is 1. The van der Waals surface area contributed by atoms with E-state index in [0.29, 0.717) is 22.3 Å². The Labute approximate surface area is 162 Å². The number of allylic oxidation sites excluding steroid dienone is 3. The number of benzene rings is 2. The standard InChI is InChI=1S/C23H17N3O2/c1-14(12-24)22(16-7-9-17(10-8-16)23(27)28)18(13-25)11-20-15(2)26-21-6-4-3-5-19(20)21/h3-11,26H,1-2H3,(H,27,28)/b18-11+,22-14-. The van der Waals surface area contributed by atoms with E-state index in [1.807, 2.05) is 31.2 Å². The molecule has 136 valence electrons. The average Bonchev–Trinajstić information content (AvgIpc) is 3.02. The third-order valence-corrected chi connectivity index (χ3v) is 4.59. The van der Waals surface area contributed by atoms with Crippen molar-refractivity contribution in [2.75, 3.05) is 0 Å². The normalized spacial score (nSPS) is 12.2. The van der Waals surface area contributed by atoms with Crippen molar-refractivity contribution in [2.24, 2.45) is 0 Å². The number of carbonyl (C=O) groups is 1. The van der Waals surface area contributed by atoms with Crippen LogP contribution in [0, 0.1) is 29.6 Å². The molecule has 0 spiro atoms. The van der Waals surface area contributed by atoms with Crippen LogP contribution in [0.2, 0.25) is 0 Å². The van der Waals surface area contributed by atoms with Crippen molar-refractivity contribution in [3.63, 3.8) is 0 Å². The van der Waals surface area contributed by atoms with Gasteiger partial charge in [-0.15, -0.1) is 0 Å². The van der Waals surface area contributed by atoms with Crippen LogP contribution in [-0.2, 0) is 0 Å². The molecule has 0 radical (unpaired) electrons. The predicted octanol–water partition coefficient (Wildman–Crippen LogP) is 5.08. The molecule has 3 aromatic rings. The molecule has 0 saturated carbocycles. The van der Waals surface area contributed by atoms with Gasteiger partial charge in [0.05, 0.1) is 23.3 Å². The molecular formula is C23H17N3O2. The van der Waals surface area contributed by atoms with Crippen LogP contribution < -0.4 is 0 Å². The molecule has 28 heavy (non-hydrogen) atoms. The Morgan fingerprint density at radius 1 is 1.04 bits per heavy atom. The van der Waals surface area contributed by atoms with Crippen LogP contribution in [0.15, 0.2) is 59.7 Å². The molecule has 0 unspecified atom stereocenters. The van der Waals surface area contributed by atoms with Gasteiger partial charge >= 0.3 is 5.97 Å². The molecule has 0 bridgehead atoms. The largest absolute Gasteiger partial charge is 0.478 e. The van der Waals surface area contributed by atoms with E-state index in [9.17, 15) is 15.3 Å². The number of aromatic carboxylic acids is 1. The molecule has 1 heterocycles. The highest BCUT2D eigenvalue weighted by molar-refractivity contribution is 5.97. The zero-order valence-electron chi connectivity index (χ0n) is 15.4. The summed E-state index contributed by atoms with van der Waals surface area (Å²) < 4.78 is 0. The number of carboxylic acid groups (broad SMARTS) is 1. The van der Waals surface area contributed by atoms with Crippen LogP contribution in [0.5, 0.6) is 0 Å². The van der Waals surface area contributed by atoms with Gasteiger partial charge in [0.1, 0.15) is 0 Å². The minimum atomic E-state index is -1.03. The van der Waals surface area contributed by atoms with Crippen LogP contribution >= 0.6 is 0 Å². The van der Waals surface area contributed by atoms with Gasteiger partial charge in [0.15, 0.2) is 0 Å². The van der Waals surface area contributed by atoms with Crippen molar-refractivity contribution >= 4 is 28.5 Å². The maximum absolute atomic E-state index is 11.1. The summed E-state index contributed by atoms with van der Waals surface area (Å²) in [5.41, 5.74) is 4.76. The fourth-order valence-corrected chi connectivity index (χ4v) is 3.20. The first-order chi connectivity index (χ1) is 13.5. The number of fused-ring (bicyclic) bond motifs is 1. The van der Waals surface area contributed by atoms with Crippen LogP contribution in [0.1, 0.15) is 34.1 Å². The summed E-state index contributed by atoms with van der Waals surface area (Å²) in [6, 6.07) is 18.3. The maximum atomic E-state index is 11.1. The molecular weight excluding hydrogens is 350 g/mol. The fraction of sp³-hybridized carbons (Fsp3) is 0.0870. The number of nitrogens with one attached hydrogen (secondary N) is 1. The zero-order chi connectivity index (χ0) is 20.3. The first kappa shape index (κ1) is 18.7. The lowest BCUT2D eigenvalue weighted by atomic mass is 9.92. The first-order valence-corrected chi connectivity index (χ1v) is 8.60. The smallest absolute Gasteiger partial charge is 0.335 e. The third-order valence-electron chi connectivity index (χ3n) is 4.59. The highest BCUT2D eigenvalue weighted by Gasteiger charge is 2.15.